The van der Waals surface area contributed by atoms with Gasteiger partial charge >= 0.3 is 0 Å². The van der Waals surface area contributed by atoms with Crippen molar-refractivity contribution in [2.45, 2.75) is 9.96 Å². The van der Waals surface area contributed by atoms with Gasteiger partial charge in [0, 0.05) is 5.69 Å². The lowest BCUT2D eigenvalue weighted by Crippen LogP contribution is -1.94. The Kier molecular flexibility index (Phi) is 3.18. The van der Waals surface area contributed by atoms with E-state index in [2.05, 4.69) is 0 Å². The Morgan fingerprint density at radius 1 is 1.20 bits per heavy atom. The number of hydrogen-bond acceptors (Lipinski definition) is 3. The van der Waals surface area contributed by atoms with Crippen molar-refractivity contribution in [2.24, 2.45) is 0 Å². The van der Waals surface area contributed by atoms with Gasteiger partial charge in [-0.2, -0.15) is 0 Å². The van der Waals surface area contributed by atoms with Crippen molar-refractivity contribution in [3.8, 4) is 0 Å². The summed E-state index contributed by atoms with van der Waals surface area (Å²) in [5, 5.41) is 1.94. The van der Waals surface area contributed by atoms with E-state index in [-0.39, 0.29) is 0 Å². The summed E-state index contributed by atoms with van der Waals surface area (Å²) in [5.74, 6) is 0.556. The van der Waals surface area contributed by atoms with Crippen molar-refractivity contribution >= 4 is 27.8 Å². The maximum atomic E-state index is 11.9. The minimum Gasteiger partial charge on any atom is -0.399 e. The highest BCUT2D eigenvalue weighted by atomic mass is 32.2. The summed E-state index contributed by atoms with van der Waals surface area (Å²) < 4.78 is 12.8. The monoisotopic (exact) mass is 237 g/mol. The van der Waals surface area contributed by atoms with Crippen molar-refractivity contribution in [3.63, 3.8) is 0 Å². The smallest absolute Gasteiger partial charge is 0.0913 e. The molecule has 1 unspecified atom stereocenters. The van der Waals surface area contributed by atoms with Crippen molar-refractivity contribution < 1.29 is 4.21 Å². The summed E-state index contributed by atoms with van der Waals surface area (Å²) in [4.78, 5) is 0. The number of nitrogens with two attached hydrogens (primary N) is 1. The lowest BCUT2D eigenvalue weighted by molar-refractivity contribution is 0.684. The number of anilines is 1. The van der Waals surface area contributed by atoms with E-state index in [1.807, 2.05) is 41.8 Å². The van der Waals surface area contributed by atoms with Gasteiger partial charge in [-0.15, -0.1) is 11.3 Å². The average Bonchev–Trinajstić information content (AvgIpc) is 2.74. The maximum Gasteiger partial charge on any atom is 0.0913 e. The number of rotatable bonds is 3. The first-order valence-corrected chi connectivity index (χ1v) is 6.72. The van der Waals surface area contributed by atoms with Gasteiger partial charge in [-0.1, -0.05) is 18.2 Å². The predicted molar refractivity (Wildman–Crippen MR) is 65.3 cm³/mol. The van der Waals surface area contributed by atoms with E-state index < -0.39 is 10.8 Å². The SMILES string of the molecule is Nc1ccc(CS(=O)c2cccs2)cc1. The van der Waals surface area contributed by atoms with E-state index in [0.29, 0.717) is 5.75 Å². The van der Waals surface area contributed by atoms with Crippen LogP contribution in [0.2, 0.25) is 0 Å². The second-order valence-electron chi connectivity index (χ2n) is 3.16. The highest BCUT2D eigenvalue weighted by Gasteiger charge is 2.05. The normalized spacial score (nSPS) is 12.5. The molecule has 0 bridgehead atoms. The summed E-state index contributed by atoms with van der Waals surface area (Å²) in [5.41, 5.74) is 7.37. The quantitative estimate of drug-likeness (QED) is 0.834. The van der Waals surface area contributed by atoms with Crippen molar-refractivity contribution in [1.82, 2.24) is 0 Å². The molecule has 2 aromatic rings. The molecule has 0 fully saturated rings. The fourth-order valence-corrected chi connectivity index (χ4v) is 3.32. The van der Waals surface area contributed by atoms with Crippen LogP contribution in [0.25, 0.3) is 0 Å². The largest absolute Gasteiger partial charge is 0.399 e. The first-order chi connectivity index (χ1) is 7.25. The van der Waals surface area contributed by atoms with Crippen molar-refractivity contribution in [2.75, 3.05) is 5.73 Å². The van der Waals surface area contributed by atoms with Gasteiger partial charge in [-0.25, -0.2) is 0 Å². The molecule has 0 spiro atoms. The van der Waals surface area contributed by atoms with Crippen LogP contribution in [-0.4, -0.2) is 4.21 Å². The lowest BCUT2D eigenvalue weighted by Gasteiger charge is -2.00. The zero-order valence-corrected chi connectivity index (χ0v) is 9.68. The fraction of sp³-hybridized carbons (Fsp3) is 0.0909. The van der Waals surface area contributed by atoms with Gasteiger partial charge in [0.1, 0.15) is 0 Å². The molecule has 0 amide bonds. The highest BCUT2D eigenvalue weighted by Crippen LogP contribution is 2.17. The number of hydrogen-bond donors (Lipinski definition) is 1. The maximum absolute atomic E-state index is 11.9. The third kappa shape index (κ3) is 2.67. The number of benzene rings is 1. The molecule has 0 saturated heterocycles. The van der Waals surface area contributed by atoms with Gasteiger partial charge in [0.2, 0.25) is 0 Å². The molecule has 2 rings (SSSR count). The summed E-state index contributed by atoms with van der Waals surface area (Å²) in [7, 11) is -0.932. The molecule has 2 N–H and O–H groups in total. The molecule has 0 saturated carbocycles. The molecule has 1 aromatic carbocycles. The van der Waals surface area contributed by atoms with Gasteiger partial charge in [-0.3, -0.25) is 4.21 Å². The van der Waals surface area contributed by atoms with Gasteiger partial charge in [0.15, 0.2) is 0 Å². The molecule has 4 heteroatoms. The third-order valence-corrected chi connectivity index (χ3v) is 4.69. The standard InChI is InChI=1S/C11H11NOS2/c12-10-5-3-9(4-6-10)8-15(13)11-2-1-7-14-11/h1-7H,8,12H2. The molecule has 0 aliphatic heterocycles. The Morgan fingerprint density at radius 2 is 1.93 bits per heavy atom. The lowest BCUT2D eigenvalue weighted by atomic mass is 10.2. The Hall–Kier alpha value is -1.13. The van der Waals surface area contributed by atoms with E-state index >= 15 is 0 Å². The summed E-state index contributed by atoms with van der Waals surface area (Å²) >= 11 is 1.53. The third-order valence-electron chi connectivity index (χ3n) is 2.00. The van der Waals surface area contributed by atoms with Crippen LogP contribution in [0.5, 0.6) is 0 Å². The number of nitrogen functional groups attached to an aromatic ring is 1. The summed E-state index contributed by atoms with van der Waals surface area (Å²) in [6.45, 7) is 0. The highest BCUT2D eigenvalue weighted by molar-refractivity contribution is 7.86. The van der Waals surface area contributed by atoms with Crippen LogP contribution in [-0.2, 0) is 16.6 Å². The Bertz CT molecular complexity index is 448. The first-order valence-electron chi connectivity index (χ1n) is 4.52. The van der Waals surface area contributed by atoms with E-state index in [9.17, 15) is 4.21 Å². The molecule has 15 heavy (non-hydrogen) atoms. The fourth-order valence-electron chi connectivity index (χ4n) is 1.23. The number of thiophene rings is 1. The zero-order chi connectivity index (χ0) is 10.7. The van der Waals surface area contributed by atoms with Gasteiger partial charge < -0.3 is 5.73 Å². The van der Waals surface area contributed by atoms with Gasteiger partial charge in [-0.05, 0) is 29.1 Å². The minimum absolute atomic E-state index is 0.556. The van der Waals surface area contributed by atoms with Crippen LogP contribution in [0, 0.1) is 0 Å². The molecule has 78 valence electrons. The van der Waals surface area contributed by atoms with Crippen LogP contribution in [0.1, 0.15) is 5.56 Å². The van der Waals surface area contributed by atoms with Gasteiger partial charge in [0.05, 0.1) is 20.8 Å². The molecule has 2 nitrogen and oxygen atoms in total. The van der Waals surface area contributed by atoms with Crippen LogP contribution in [0.15, 0.2) is 46.0 Å². The van der Waals surface area contributed by atoms with E-state index in [0.717, 1.165) is 15.5 Å². The van der Waals surface area contributed by atoms with Crippen LogP contribution >= 0.6 is 11.3 Å². The molecule has 1 heterocycles. The molecular weight excluding hydrogens is 226 g/mol. The molecule has 1 atom stereocenters. The van der Waals surface area contributed by atoms with Crippen LogP contribution in [0.4, 0.5) is 5.69 Å². The second kappa shape index (κ2) is 4.59. The van der Waals surface area contributed by atoms with Crippen molar-refractivity contribution in [3.05, 3.63) is 47.3 Å². The zero-order valence-electron chi connectivity index (χ0n) is 8.05. The summed E-state index contributed by atoms with van der Waals surface area (Å²) in [6.07, 6.45) is 0. The van der Waals surface area contributed by atoms with Crippen molar-refractivity contribution in [1.29, 1.82) is 0 Å². The molecule has 1 aromatic heterocycles. The Labute approximate surface area is 95.2 Å². The minimum atomic E-state index is -0.932. The predicted octanol–water partition coefficient (Wildman–Crippen LogP) is 2.64. The van der Waals surface area contributed by atoms with Gasteiger partial charge in [0.25, 0.3) is 0 Å². The second-order valence-corrected chi connectivity index (χ2v) is 5.79. The first kappa shape index (κ1) is 10.4. The Morgan fingerprint density at radius 3 is 2.53 bits per heavy atom. The molecular formula is C11H11NOS2. The Balaban J connectivity index is 2.09. The van der Waals surface area contributed by atoms with Crippen LogP contribution < -0.4 is 5.73 Å². The van der Waals surface area contributed by atoms with E-state index in [1.165, 1.54) is 11.3 Å². The molecule has 0 aliphatic rings. The van der Waals surface area contributed by atoms with Crippen LogP contribution in [0.3, 0.4) is 0 Å². The average molecular weight is 237 g/mol. The van der Waals surface area contributed by atoms with E-state index in [1.54, 1.807) is 0 Å². The summed E-state index contributed by atoms with van der Waals surface area (Å²) in [6, 6.07) is 11.3. The topological polar surface area (TPSA) is 43.1 Å². The molecule has 0 radical (unpaired) electrons. The molecule has 0 aliphatic carbocycles. The van der Waals surface area contributed by atoms with E-state index in [4.69, 9.17) is 5.73 Å².